The first-order chi connectivity index (χ1) is 22.7. The van der Waals surface area contributed by atoms with E-state index in [2.05, 4.69) is 5.32 Å². The molecule has 4 rings (SSSR count). The number of aliphatic hydroxyl groups excluding tert-OH is 13. The van der Waals surface area contributed by atoms with Crippen molar-refractivity contribution in [1.29, 1.82) is 0 Å². The number of phosphoric acid groups is 1. The first-order valence-corrected chi connectivity index (χ1v) is 16.5. The zero-order valence-electron chi connectivity index (χ0n) is 25.7. The van der Waals surface area contributed by atoms with E-state index in [1.165, 1.54) is 13.0 Å². The second-order valence-electron chi connectivity index (χ2n) is 11.9. The molecule has 0 unspecified atom stereocenters. The summed E-state index contributed by atoms with van der Waals surface area (Å²) >= 11 is 0. The highest BCUT2D eigenvalue weighted by Crippen LogP contribution is 2.33. The van der Waals surface area contributed by atoms with Crippen LogP contribution in [-0.4, -0.2) is 217 Å². The van der Waals surface area contributed by atoms with Gasteiger partial charge in [0.25, 0.3) is 0 Å². The summed E-state index contributed by atoms with van der Waals surface area (Å²) in [5.74, 6) is 0. The highest BCUT2D eigenvalue weighted by Gasteiger charge is 2.53. The van der Waals surface area contributed by atoms with Crippen molar-refractivity contribution in [2.24, 2.45) is 0 Å². The van der Waals surface area contributed by atoms with Gasteiger partial charge in [-0.15, -0.1) is 0 Å². The molecule has 23 nitrogen and oxygen atoms in total. The molecule has 19 atom stereocenters. The molecule has 3 aliphatic heterocycles. The van der Waals surface area contributed by atoms with Gasteiger partial charge in [-0.1, -0.05) is 6.08 Å². The van der Waals surface area contributed by atoms with Gasteiger partial charge in [0.15, 0.2) is 18.9 Å². The van der Waals surface area contributed by atoms with Crippen LogP contribution in [0.2, 0.25) is 0 Å². The Morgan fingerprint density at radius 1 is 0.673 bits per heavy atom. The summed E-state index contributed by atoms with van der Waals surface area (Å²) < 4.78 is 36.3. The van der Waals surface area contributed by atoms with Gasteiger partial charge in [0.2, 0.25) is 0 Å². The maximum Gasteiger partial charge on any atom is 0.466 e. The summed E-state index contributed by atoms with van der Waals surface area (Å²) in [5.41, 5.74) is 0.0225. The molecule has 288 valence electrons. The number of rotatable bonds is 9. The lowest BCUT2D eigenvalue weighted by atomic mass is 9.86. The van der Waals surface area contributed by atoms with Crippen LogP contribution < -0.4 is 5.32 Å². The lowest BCUT2D eigenvalue weighted by molar-refractivity contribution is -0.373. The Labute approximate surface area is 277 Å². The third-order valence-electron chi connectivity index (χ3n) is 8.48. The van der Waals surface area contributed by atoms with Crippen molar-refractivity contribution in [2.45, 2.75) is 123 Å². The summed E-state index contributed by atoms with van der Waals surface area (Å²) in [7, 11) is -4.64. The van der Waals surface area contributed by atoms with Gasteiger partial charge < -0.3 is 110 Å². The third-order valence-corrected chi connectivity index (χ3v) is 8.48. The maximum absolute atomic E-state index is 10.9. The molecule has 0 aromatic heterocycles. The summed E-state index contributed by atoms with van der Waals surface area (Å²) in [5, 5.41) is 136. The van der Waals surface area contributed by atoms with Gasteiger partial charge in [0, 0.05) is 0 Å². The average molecular weight is 744 g/mol. The highest BCUT2D eigenvalue weighted by atomic mass is 31.2. The number of nitrogens with one attached hydrogen (secondary N) is 1. The van der Waals surface area contributed by atoms with Gasteiger partial charge in [-0.3, -0.25) is 0 Å². The second kappa shape index (κ2) is 17.7. The van der Waals surface area contributed by atoms with E-state index in [1.54, 1.807) is 0 Å². The van der Waals surface area contributed by atoms with Crippen molar-refractivity contribution < 1.29 is 109 Å². The van der Waals surface area contributed by atoms with Crippen LogP contribution >= 0.6 is 7.82 Å². The Hall–Kier alpha value is -0.910. The van der Waals surface area contributed by atoms with Crippen LogP contribution in [0, 0.1) is 0 Å². The third kappa shape index (κ3) is 10.2. The smallest absolute Gasteiger partial charge is 0.394 e. The molecule has 0 bridgehead atoms. The molecular formula is C25H46NO22P. The molecule has 3 heterocycles. The lowest BCUT2D eigenvalue weighted by Crippen LogP contribution is -2.68. The Bertz CT molecular complexity index is 1100. The largest absolute Gasteiger partial charge is 0.466 e. The van der Waals surface area contributed by atoms with Gasteiger partial charge in [-0.05, 0) is 12.5 Å². The van der Waals surface area contributed by atoms with Gasteiger partial charge in [-0.2, -0.15) is 0 Å². The van der Waals surface area contributed by atoms with Gasteiger partial charge >= 0.3 is 7.82 Å². The van der Waals surface area contributed by atoms with Gasteiger partial charge in [0.05, 0.1) is 38.0 Å². The predicted molar refractivity (Wildman–Crippen MR) is 152 cm³/mol. The normalized spacial score (nSPS) is 47.9. The zero-order valence-corrected chi connectivity index (χ0v) is 26.6. The van der Waals surface area contributed by atoms with Crippen LogP contribution in [0.3, 0.4) is 0 Å². The standard InChI is InChI=1S/C25H43NO18.H3O4P/c1-6-11(26-8-2-7(3-27)12(30)15(33)13(8)31)14(32)19(37)24(40-6)43-22-10(5-29)42-25(20(38)17(22)35)44-21-9(4-28)41-23(39)18(36)16(21)34;1-5(2,3)4/h2,6,8-39H,3-5H2,1H3;(H3,1,2,3,4)/t6-,8+,9-,10-,11-,12-,13+,14+,15+,16-,17-,18-,19-,20-,21-,22-,23-,24-,25-;/m1./s1. The molecule has 3 saturated heterocycles. The van der Waals surface area contributed by atoms with Crippen LogP contribution in [0.5, 0.6) is 0 Å². The molecule has 0 saturated carbocycles. The monoisotopic (exact) mass is 743 g/mol. The van der Waals surface area contributed by atoms with E-state index in [0.717, 1.165) is 0 Å². The summed E-state index contributed by atoms with van der Waals surface area (Å²) in [6.45, 7) is -0.753. The van der Waals surface area contributed by atoms with E-state index >= 15 is 0 Å². The molecule has 4 aliphatic rings. The van der Waals surface area contributed by atoms with Crippen molar-refractivity contribution in [3.63, 3.8) is 0 Å². The topological polar surface area (TPSA) is 399 Å². The van der Waals surface area contributed by atoms with Gasteiger partial charge in [0.1, 0.15) is 79.4 Å². The van der Waals surface area contributed by atoms with E-state index in [-0.39, 0.29) is 5.57 Å². The van der Waals surface area contributed by atoms with Crippen molar-refractivity contribution >= 4 is 7.82 Å². The molecular weight excluding hydrogens is 697 g/mol. The number of hydrogen-bond donors (Lipinski definition) is 17. The molecule has 17 N–H and O–H groups in total. The van der Waals surface area contributed by atoms with Crippen molar-refractivity contribution in [3.8, 4) is 0 Å². The first kappa shape index (κ1) is 42.5. The van der Waals surface area contributed by atoms with Crippen molar-refractivity contribution in [1.82, 2.24) is 5.32 Å². The van der Waals surface area contributed by atoms with E-state index in [1.807, 2.05) is 0 Å². The molecule has 0 aromatic carbocycles. The molecule has 24 heteroatoms. The summed E-state index contributed by atoms with van der Waals surface area (Å²) in [6, 6.07) is -2.17. The predicted octanol–water partition coefficient (Wildman–Crippen LogP) is -9.49. The molecule has 0 aromatic rings. The Morgan fingerprint density at radius 3 is 1.65 bits per heavy atom. The molecule has 1 aliphatic carbocycles. The van der Waals surface area contributed by atoms with E-state index in [4.69, 9.17) is 42.9 Å². The Morgan fingerprint density at radius 2 is 1.14 bits per heavy atom. The first-order valence-electron chi connectivity index (χ1n) is 14.9. The molecule has 49 heavy (non-hydrogen) atoms. The fourth-order valence-corrected chi connectivity index (χ4v) is 5.81. The minimum atomic E-state index is -4.64. The summed E-state index contributed by atoms with van der Waals surface area (Å²) in [6.07, 6.45) is -26.6. The molecule has 0 spiro atoms. The minimum Gasteiger partial charge on any atom is -0.394 e. The number of ether oxygens (including phenoxy) is 5. The van der Waals surface area contributed by atoms with Crippen molar-refractivity contribution in [3.05, 3.63) is 11.6 Å². The van der Waals surface area contributed by atoms with E-state index in [0.29, 0.717) is 0 Å². The van der Waals surface area contributed by atoms with Crippen LogP contribution in [0.25, 0.3) is 0 Å². The minimum absolute atomic E-state index is 0.0225. The molecule has 0 amide bonds. The lowest BCUT2D eigenvalue weighted by Gasteiger charge is -2.48. The fourth-order valence-electron chi connectivity index (χ4n) is 5.81. The molecule has 3 fully saturated rings. The van der Waals surface area contributed by atoms with Crippen molar-refractivity contribution in [2.75, 3.05) is 19.8 Å². The maximum atomic E-state index is 10.9. The van der Waals surface area contributed by atoms with E-state index in [9.17, 15) is 66.4 Å². The van der Waals surface area contributed by atoms with Crippen LogP contribution in [0.15, 0.2) is 11.6 Å². The zero-order chi connectivity index (χ0) is 37.1. The summed E-state index contributed by atoms with van der Waals surface area (Å²) in [4.78, 5) is 21.6. The number of hydrogen-bond acceptors (Lipinski definition) is 20. The number of aliphatic hydroxyl groups is 13. The quantitative estimate of drug-likeness (QED) is 0.0770. The molecule has 0 radical (unpaired) electrons. The van der Waals surface area contributed by atoms with Gasteiger partial charge in [-0.25, -0.2) is 4.57 Å². The van der Waals surface area contributed by atoms with Crippen LogP contribution in [0.1, 0.15) is 6.92 Å². The van der Waals surface area contributed by atoms with Crippen LogP contribution in [-0.2, 0) is 28.2 Å². The SMILES string of the molecule is C[C@H]1O[C@H](O[C@H]2[C@H](O)[C@@H](O)[C@@H](O[C@H]3[C@H](O)[C@@H](O)[C@H](O)O[C@@H]3CO)O[C@@H]2CO)[C@H](O)[C@@H](O)[C@@H]1N[C@H]1C=C(CO)[C@@H](O)[C@H](O)[C@H]1O.O=P(O)(O)O. The van der Waals surface area contributed by atoms with Crippen LogP contribution in [0.4, 0.5) is 0 Å². The Kier molecular flexibility index (Phi) is 15.4. The van der Waals surface area contributed by atoms with E-state index < -0.39 is 144 Å². The second-order valence-corrected chi connectivity index (χ2v) is 12.9. The highest BCUT2D eigenvalue weighted by molar-refractivity contribution is 7.45. The average Bonchev–Trinajstić information content (AvgIpc) is 3.03. The Balaban J connectivity index is 0.00000121. The fraction of sp³-hybridized carbons (Fsp3) is 0.920.